The Morgan fingerprint density at radius 1 is 1.17 bits per heavy atom. The molecule has 2 N–H and O–H groups in total. The fraction of sp³-hybridized carbons (Fsp3) is 0.500. The van der Waals surface area contributed by atoms with Gasteiger partial charge in [-0.15, -0.1) is 0 Å². The number of benzene rings is 1. The van der Waals surface area contributed by atoms with Gasteiger partial charge in [-0.2, -0.15) is 0 Å². The van der Waals surface area contributed by atoms with Crippen molar-refractivity contribution in [3.63, 3.8) is 0 Å². The summed E-state index contributed by atoms with van der Waals surface area (Å²) in [6.07, 6.45) is 4.96. The van der Waals surface area contributed by atoms with Crippen molar-refractivity contribution in [3.05, 3.63) is 42.2 Å². The SMILES string of the molecule is CN=C(NCCN1C(=O)C2C3C=CC(C3)C2C1=O)NCC(C)Oc1ccc(F)cc1. The highest BCUT2D eigenvalue weighted by atomic mass is 19.1. The molecule has 8 heteroatoms. The van der Waals surface area contributed by atoms with Crippen molar-refractivity contribution < 1.29 is 18.7 Å². The molecule has 0 radical (unpaired) electrons. The van der Waals surface area contributed by atoms with Crippen LogP contribution in [0.25, 0.3) is 0 Å². The van der Waals surface area contributed by atoms with Crippen LogP contribution in [0.5, 0.6) is 5.75 Å². The second kappa shape index (κ2) is 8.45. The normalized spacial score (nSPS) is 28.1. The number of carbonyl (C=O) groups is 2. The molecule has 7 nitrogen and oxygen atoms in total. The average molecular weight is 414 g/mol. The number of hydrogen-bond acceptors (Lipinski definition) is 4. The molecule has 1 saturated carbocycles. The lowest BCUT2D eigenvalue weighted by Crippen LogP contribution is -2.45. The predicted octanol–water partition coefficient (Wildman–Crippen LogP) is 1.57. The Morgan fingerprint density at radius 3 is 2.40 bits per heavy atom. The Balaban J connectivity index is 1.21. The number of imide groups is 1. The Bertz CT molecular complexity index is 840. The number of allylic oxidation sites excluding steroid dienone is 2. The number of guanidine groups is 1. The number of likely N-dealkylation sites (tertiary alicyclic amines) is 1. The van der Waals surface area contributed by atoms with Gasteiger partial charge in [0.2, 0.25) is 11.8 Å². The van der Waals surface area contributed by atoms with E-state index in [1.54, 1.807) is 19.2 Å². The van der Waals surface area contributed by atoms with Crippen molar-refractivity contribution >= 4 is 17.8 Å². The van der Waals surface area contributed by atoms with Gasteiger partial charge in [-0.05, 0) is 49.4 Å². The number of fused-ring (bicyclic) bond motifs is 5. The third-order valence-electron chi connectivity index (χ3n) is 6.12. The molecule has 160 valence electrons. The lowest BCUT2D eigenvalue weighted by atomic mass is 9.85. The van der Waals surface area contributed by atoms with E-state index in [4.69, 9.17) is 4.74 Å². The fourth-order valence-electron chi connectivity index (χ4n) is 4.72. The molecule has 2 bridgehead atoms. The average Bonchev–Trinajstić information content (AvgIpc) is 3.41. The zero-order chi connectivity index (χ0) is 21.3. The second-order valence-electron chi connectivity index (χ2n) is 8.09. The maximum absolute atomic E-state index is 13.0. The highest BCUT2D eigenvalue weighted by molar-refractivity contribution is 6.06. The van der Waals surface area contributed by atoms with E-state index < -0.39 is 0 Å². The first-order valence-electron chi connectivity index (χ1n) is 10.4. The molecule has 0 aromatic heterocycles. The monoisotopic (exact) mass is 414 g/mol. The van der Waals surface area contributed by atoms with Crippen molar-refractivity contribution in [2.45, 2.75) is 19.4 Å². The molecule has 2 fully saturated rings. The summed E-state index contributed by atoms with van der Waals surface area (Å²) in [5.41, 5.74) is 0. The number of amides is 2. The molecule has 1 heterocycles. The molecular weight excluding hydrogens is 387 g/mol. The van der Waals surface area contributed by atoms with Crippen molar-refractivity contribution in [1.82, 2.24) is 15.5 Å². The van der Waals surface area contributed by atoms with Crippen molar-refractivity contribution in [2.24, 2.45) is 28.7 Å². The van der Waals surface area contributed by atoms with Gasteiger partial charge in [-0.1, -0.05) is 12.2 Å². The summed E-state index contributed by atoms with van der Waals surface area (Å²) in [7, 11) is 1.65. The second-order valence-corrected chi connectivity index (χ2v) is 8.09. The van der Waals surface area contributed by atoms with Crippen molar-refractivity contribution in [2.75, 3.05) is 26.7 Å². The van der Waals surface area contributed by atoms with Crippen LogP contribution in [0.4, 0.5) is 4.39 Å². The van der Waals surface area contributed by atoms with Crippen LogP contribution < -0.4 is 15.4 Å². The van der Waals surface area contributed by atoms with E-state index in [1.165, 1.54) is 17.0 Å². The lowest BCUT2D eigenvalue weighted by Gasteiger charge is -2.20. The highest BCUT2D eigenvalue weighted by Gasteiger charge is 2.58. The highest BCUT2D eigenvalue weighted by Crippen LogP contribution is 2.52. The van der Waals surface area contributed by atoms with Gasteiger partial charge in [0.05, 0.1) is 18.4 Å². The first-order chi connectivity index (χ1) is 14.5. The summed E-state index contributed by atoms with van der Waals surface area (Å²) in [6.45, 7) is 3.13. The standard InChI is InChI=1S/C22H27FN4O3/c1-13(30-17-7-5-16(23)6-8-17)12-26-22(24-2)25-9-10-27-20(28)18-14-3-4-15(11-14)19(18)21(27)29/h3-8,13-15,18-19H,9-12H2,1-2H3,(H2,24,25,26). The molecule has 1 aromatic carbocycles. The van der Waals surface area contributed by atoms with Gasteiger partial charge in [0.15, 0.2) is 5.96 Å². The maximum atomic E-state index is 13.0. The van der Waals surface area contributed by atoms with E-state index in [9.17, 15) is 14.0 Å². The molecule has 3 aliphatic rings. The zero-order valence-corrected chi connectivity index (χ0v) is 17.2. The topological polar surface area (TPSA) is 83.0 Å². The largest absolute Gasteiger partial charge is 0.489 e. The first-order valence-corrected chi connectivity index (χ1v) is 10.4. The third-order valence-corrected chi connectivity index (χ3v) is 6.12. The molecule has 4 rings (SSSR count). The molecular formula is C22H27FN4O3. The smallest absolute Gasteiger partial charge is 0.233 e. The van der Waals surface area contributed by atoms with Crippen LogP contribution in [0.2, 0.25) is 0 Å². The Kier molecular flexibility index (Phi) is 5.74. The van der Waals surface area contributed by atoms with Gasteiger partial charge in [-0.25, -0.2) is 4.39 Å². The number of ether oxygens (including phenoxy) is 1. The molecule has 5 unspecified atom stereocenters. The van der Waals surface area contributed by atoms with Crippen LogP contribution in [0.1, 0.15) is 13.3 Å². The van der Waals surface area contributed by atoms with Gasteiger partial charge in [-0.3, -0.25) is 19.5 Å². The Labute approximate surface area is 175 Å². The van der Waals surface area contributed by atoms with Gasteiger partial charge in [0, 0.05) is 20.1 Å². The summed E-state index contributed by atoms with van der Waals surface area (Å²) in [6, 6.07) is 5.87. The summed E-state index contributed by atoms with van der Waals surface area (Å²) >= 11 is 0. The summed E-state index contributed by atoms with van der Waals surface area (Å²) < 4.78 is 18.7. The summed E-state index contributed by atoms with van der Waals surface area (Å²) in [5.74, 6) is 0.919. The van der Waals surface area contributed by atoms with E-state index >= 15 is 0 Å². The summed E-state index contributed by atoms with van der Waals surface area (Å²) in [4.78, 5) is 31.0. The van der Waals surface area contributed by atoms with Gasteiger partial charge in [0.1, 0.15) is 17.7 Å². The number of hydrogen-bond donors (Lipinski definition) is 2. The third kappa shape index (κ3) is 3.91. The van der Waals surface area contributed by atoms with Crippen LogP contribution >= 0.6 is 0 Å². The van der Waals surface area contributed by atoms with Crippen LogP contribution in [-0.4, -0.2) is 55.5 Å². The van der Waals surface area contributed by atoms with Gasteiger partial charge in [0.25, 0.3) is 0 Å². The van der Waals surface area contributed by atoms with E-state index in [-0.39, 0.29) is 47.4 Å². The minimum atomic E-state index is -0.305. The Hall–Kier alpha value is -2.90. The van der Waals surface area contributed by atoms with Crippen LogP contribution in [0.15, 0.2) is 41.4 Å². The quantitative estimate of drug-likeness (QED) is 0.306. The van der Waals surface area contributed by atoms with E-state index in [0.717, 1.165) is 6.42 Å². The first kappa shape index (κ1) is 20.4. The number of rotatable bonds is 7. The van der Waals surface area contributed by atoms with E-state index in [1.807, 2.05) is 6.92 Å². The molecule has 0 spiro atoms. The van der Waals surface area contributed by atoms with E-state index in [0.29, 0.717) is 31.3 Å². The minimum absolute atomic E-state index is 0.0343. The number of aliphatic imine (C=N–C) groups is 1. The van der Waals surface area contributed by atoms with E-state index in [2.05, 4.69) is 27.8 Å². The molecule has 2 amide bonds. The molecule has 1 aromatic rings. The summed E-state index contributed by atoms with van der Waals surface area (Å²) in [5, 5.41) is 6.29. The molecule has 5 atom stereocenters. The number of halogens is 1. The van der Waals surface area contributed by atoms with Crippen molar-refractivity contribution in [1.29, 1.82) is 0 Å². The predicted molar refractivity (Wildman–Crippen MR) is 110 cm³/mol. The molecule has 2 aliphatic carbocycles. The molecule has 1 saturated heterocycles. The van der Waals surface area contributed by atoms with Crippen LogP contribution in [0.3, 0.4) is 0 Å². The zero-order valence-electron chi connectivity index (χ0n) is 17.2. The Morgan fingerprint density at radius 2 is 1.80 bits per heavy atom. The fourth-order valence-corrected chi connectivity index (χ4v) is 4.72. The number of nitrogens with one attached hydrogen (secondary N) is 2. The number of nitrogens with zero attached hydrogens (tertiary/aromatic N) is 2. The van der Waals surface area contributed by atoms with Crippen LogP contribution in [-0.2, 0) is 9.59 Å². The minimum Gasteiger partial charge on any atom is -0.489 e. The number of carbonyl (C=O) groups excluding carboxylic acids is 2. The molecule has 30 heavy (non-hydrogen) atoms. The van der Waals surface area contributed by atoms with Crippen molar-refractivity contribution in [3.8, 4) is 5.75 Å². The van der Waals surface area contributed by atoms with Gasteiger partial charge >= 0.3 is 0 Å². The molecule has 1 aliphatic heterocycles. The van der Waals surface area contributed by atoms with Gasteiger partial charge < -0.3 is 15.4 Å². The lowest BCUT2D eigenvalue weighted by molar-refractivity contribution is -0.140. The maximum Gasteiger partial charge on any atom is 0.233 e. The van der Waals surface area contributed by atoms with Crippen LogP contribution in [0, 0.1) is 29.5 Å².